The minimum atomic E-state index is -3.52. The van der Waals surface area contributed by atoms with Crippen LogP contribution in [0.1, 0.15) is 5.56 Å². The van der Waals surface area contributed by atoms with E-state index in [0.717, 1.165) is 9.87 Å². The summed E-state index contributed by atoms with van der Waals surface area (Å²) in [5, 5.41) is 9.10. The van der Waals surface area contributed by atoms with Crippen molar-refractivity contribution in [3.05, 3.63) is 23.8 Å². The zero-order valence-electron chi connectivity index (χ0n) is 12.3. The average Bonchev–Trinajstić information content (AvgIpc) is 2.43. The number of sulfonamides is 1. The number of aryl methyl sites for hydroxylation is 1. The van der Waals surface area contributed by atoms with E-state index >= 15 is 0 Å². The van der Waals surface area contributed by atoms with Crippen molar-refractivity contribution in [2.24, 2.45) is 10.3 Å². The molecule has 0 aromatic heterocycles. The van der Waals surface area contributed by atoms with Gasteiger partial charge in [0.05, 0.1) is 10.6 Å². The number of hydrogen-bond donors (Lipinski definition) is 0. The Morgan fingerprint density at radius 3 is 2.52 bits per heavy atom. The Bertz CT molecular complexity index is 628. The second-order valence-electron chi connectivity index (χ2n) is 4.47. The van der Waals surface area contributed by atoms with Crippen LogP contribution in [0.15, 0.2) is 33.4 Å². The third kappa shape index (κ3) is 4.50. The highest BCUT2D eigenvalue weighted by Gasteiger charge is 2.18. The molecule has 0 heterocycles. The van der Waals surface area contributed by atoms with Gasteiger partial charge in [0.25, 0.3) is 6.47 Å². The topological polar surface area (TPSA) is 91.6 Å². The summed E-state index contributed by atoms with van der Waals surface area (Å²) in [5.74, 6) is 0. The fourth-order valence-electron chi connectivity index (χ4n) is 1.36. The van der Waals surface area contributed by atoms with E-state index in [1.807, 2.05) is 0 Å². The van der Waals surface area contributed by atoms with Crippen molar-refractivity contribution < 1.29 is 17.9 Å². The van der Waals surface area contributed by atoms with Gasteiger partial charge in [-0.15, -0.1) is 5.11 Å². The normalized spacial score (nSPS) is 11.9. The fraction of sp³-hybridized carbons (Fsp3) is 0.417. The monoisotopic (exact) mass is 314 g/mol. The molecule has 9 heteroatoms. The van der Waals surface area contributed by atoms with Crippen molar-refractivity contribution in [3.63, 3.8) is 0 Å². The van der Waals surface area contributed by atoms with E-state index in [-0.39, 0.29) is 11.6 Å². The lowest BCUT2D eigenvalue weighted by atomic mass is 10.2. The zero-order valence-corrected chi connectivity index (χ0v) is 13.2. The standard InChI is InChI=1S/C12H18N4O4S/c1-10-5-6-11(21(18,19)15(2)3)7-12(10)13-14-16(4)8-20-9-17/h5-7,9H,8H2,1-4H3/b14-13+. The van der Waals surface area contributed by atoms with Gasteiger partial charge in [-0.25, -0.2) is 17.7 Å². The smallest absolute Gasteiger partial charge is 0.294 e. The van der Waals surface area contributed by atoms with Crippen LogP contribution in [-0.2, 0) is 19.6 Å². The summed E-state index contributed by atoms with van der Waals surface area (Å²) in [5.41, 5.74) is 1.21. The van der Waals surface area contributed by atoms with Crippen LogP contribution in [0.3, 0.4) is 0 Å². The van der Waals surface area contributed by atoms with Gasteiger partial charge in [0, 0.05) is 21.1 Å². The first-order valence-electron chi connectivity index (χ1n) is 6.00. The molecule has 0 N–H and O–H groups in total. The largest absolute Gasteiger partial charge is 0.445 e. The number of carbonyl (C=O) groups is 1. The molecule has 1 rings (SSSR count). The van der Waals surface area contributed by atoms with E-state index < -0.39 is 10.0 Å². The summed E-state index contributed by atoms with van der Waals surface area (Å²) >= 11 is 0. The zero-order chi connectivity index (χ0) is 16.0. The first kappa shape index (κ1) is 17.1. The maximum Gasteiger partial charge on any atom is 0.294 e. The molecule has 21 heavy (non-hydrogen) atoms. The average molecular weight is 314 g/mol. The van der Waals surface area contributed by atoms with E-state index in [4.69, 9.17) is 0 Å². The summed E-state index contributed by atoms with van der Waals surface area (Å²) in [4.78, 5) is 10.2. The number of nitrogens with zero attached hydrogens (tertiary/aromatic N) is 4. The predicted molar refractivity (Wildman–Crippen MR) is 76.3 cm³/mol. The molecule has 0 aliphatic heterocycles. The van der Waals surface area contributed by atoms with E-state index in [1.54, 1.807) is 20.0 Å². The van der Waals surface area contributed by atoms with E-state index in [0.29, 0.717) is 12.2 Å². The molecule has 0 spiro atoms. The molecule has 1 aromatic carbocycles. The molecule has 116 valence electrons. The Morgan fingerprint density at radius 1 is 1.29 bits per heavy atom. The first-order valence-corrected chi connectivity index (χ1v) is 7.44. The third-order valence-electron chi connectivity index (χ3n) is 2.59. The van der Waals surface area contributed by atoms with Crippen molar-refractivity contribution in [1.82, 2.24) is 9.31 Å². The van der Waals surface area contributed by atoms with Gasteiger partial charge in [0.2, 0.25) is 10.0 Å². The molecule has 0 bridgehead atoms. The minimum Gasteiger partial charge on any atom is -0.445 e. The molecule has 0 atom stereocenters. The van der Waals surface area contributed by atoms with Crippen molar-refractivity contribution in [2.75, 3.05) is 27.9 Å². The van der Waals surface area contributed by atoms with Gasteiger partial charge in [0.15, 0.2) is 6.73 Å². The van der Waals surface area contributed by atoms with Crippen LogP contribution in [0, 0.1) is 6.92 Å². The Morgan fingerprint density at radius 2 is 1.95 bits per heavy atom. The number of hydrogen-bond acceptors (Lipinski definition) is 6. The molecule has 8 nitrogen and oxygen atoms in total. The van der Waals surface area contributed by atoms with Crippen LogP contribution in [0.25, 0.3) is 0 Å². The SMILES string of the molecule is Cc1ccc(S(=O)(=O)N(C)C)cc1/N=N/N(C)COC=O. The van der Waals surface area contributed by atoms with Gasteiger partial charge in [-0.1, -0.05) is 11.3 Å². The van der Waals surface area contributed by atoms with Gasteiger partial charge >= 0.3 is 0 Å². The minimum absolute atomic E-state index is 0.0399. The number of carbonyl (C=O) groups excluding carboxylic acids is 1. The molecule has 0 radical (unpaired) electrons. The summed E-state index contributed by atoms with van der Waals surface area (Å²) in [6.45, 7) is 2.06. The number of benzene rings is 1. The predicted octanol–water partition coefficient (Wildman–Crippen LogP) is 1.31. The van der Waals surface area contributed by atoms with E-state index in [1.165, 1.54) is 31.2 Å². The molecule has 0 fully saturated rings. The summed E-state index contributed by atoms with van der Waals surface area (Å²) in [7, 11) is 0.969. The van der Waals surface area contributed by atoms with Gasteiger partial charge in [0.1, 0.15) is 0 Å². The summed E-state index contributed by atoms with van der Waals surface area (Å²) in [6, 6.07) is 4.62. The quantitative estimate of drug-likeness (QED) is 0.327. The maximum atomic E-state index is 12.1. The van der Waals surface area contributed by atoms with Crippen LogP contribution >= 0.6 is 0 Å². The second-order valence-corrected chi connectivity index (χ2v) is 6.63. The molecule has 0 aliphatic rings. The molecular formula is C12H18N4O4S. The van der Waals surface area contributed by atoms with Gasteiger partial charge in [-0.05, 0) is 24.6 Å². The lowest BCUT2D eigenvalue weighted by molar-refractivity contribution is -0.132. The van der Waals surface area contributed by atoms with E-state index in [9.17, 15) is 13.2 Å². The van der Waals surface area contributed by atoms with Crippen LogP contribution < -0.4 is 0 Å². The highest BCUT2D eigenvalue weighted by atomic mass is 32.2. The van der Waals surface area contributed by atoms with Crippen molar-refractivity contribution >= 4 is 22.2 Å². The van der Waals surface area contributed by atoms with Crippen LogP contribution in [0.4, 0.5) is 5.69 Å². The Kier molecular flexibility index (Phi) is 5.79. The molecule has 0 unspecified atom stereocenters. The summed E-state index contributed by atoms with van der Waals surface area (Å²) in [6.07, 6.45) is 0. The molecule has 0 saturated heterocycles. The highest BCUT2D eigenvalue weighted by molar-refractivity contribution is 7.89. The lowest BCUT2D eigenvalue weighted by Gasteiger charge is -2.12. The number of ether oxygens (including phenoxy) is 1. The van der Waals surface area contributed by atoms with Crippen molar-refractivity contribution in [3.8, 4) is 0 Å². The van der Waals surface area contributed by atoms with Gasteiger partial charge in [-0.3, -0.25) is 4.79 Å². The second kappa shape index (κ2) is 7.14. The van der Waals surface area contributed by atoms with Crippen molar-refractivity contribution in [1.29, 1.82) is 0 Å². The molecule has 0 amide bonds. The summed E-state index contributed by atoms with van der Waals surface area (Å²) < 4.78 is 29.8. The molecule has 0 saturated carbocycles. The van der Waals surface area contributed by atoms with Gasteiger partial charge in [-0.2, -0.15) is 0 Å². The number of rotatable bonds is 7. The van der Waals surface area contributed by atoms with Gasteiger partial charge < -0.3 is 4.74 Å². The molecule has 1 aromatic rings. The Balaban J connectivity index is 3.04. The van der Waals surface area contributed by atoms with Crippen molar-refractivity contribution in [2.45, 2.75) is 11.8 Å². The molecule has 0 aliphatic carbocycles. The first-order chi connectivity index (χ1) is 9.78. The Hall–Kier alpha value is -2.00. The molecular weight excluding hydrogens is 296 g/mol. The maximum absolute atomic E-state index is 12.1. The van der Waals surface area contributed by atoms with E-state index in [2.05, 4.69) is 15.1 Å². The van der Waals surface area contributed by atoms with Crippen LogP contribution in [0.5, 0.6) is 0 Å². The fourth-order valence-corrected chi connectivity index (χ4v) is 2.28. The Labute approximate surface area is 124 Å². The van der Waals surface area contributed by atoms with Crippen LogP contribution in [0.2, 0.25) is 0 Å². The lowest BCUT2D eigenvalue weighted by Crippen LogP contribution is -2.22. The third-order valence-corrected chi connectivity index (χ3v) is 4.40. The van der Waals surface area contributed by atoms with Crippen LogP contribution in [-0.4, -0.2) is 52.1 Å². The highest BCUT2D eigenvalue weighted by Crippen LogP contribution is 2.24.